The molecule has 0 unspecified atom stereocenters. The Balaban J connectivity index is 1.54. The average molecular weight is 451 g/mol. The number of nitrogens with one attached hydrogen (secondary N) is 1. The minimum atomic E-state index is -0.0600. The van der Waals surface area contributed by atoms with Gasteiger partial charge in [-0.05, 0) is 30.7 Å². The molecule has 3 aromatic rings. The van der Waals surface area contributed by atoms with Crippen molar-refractivity contribution < 1.29 is 9.53 Å². The number of amides is 1. The molecule has 2 aromatic carbocycles. The van der Waals surface area contributed by atoms with Crippen LogP contribution in [0.15, 0.2) is 53.7 Å². The summed E-state index contributed by atoms with van der Waals surface area (Å²) < 4.78 is 7.66. The fourth-order valence-electron chi connectivity index (χ4n) is 2.56. The third-order valence-electron chi connectivity index (χ3n) is 4.03. The molecular weight excluding hydrogens is 431 g/mol. The van der Waals surface area contributed by atoms with E-state index in [9.17, 15) is 4.79 Å². The largest absolute Gasteiger partial charge is 0.484 e. The van der Waals surface area contributed by atoms with Gasteiger partial charge in [0.15, 0.2) is 11.0 Å². The van der Waals surface area contributed by atoms with Gasteiger partial charge in [-0.15, -0.1) is 10.2 Å². The molecule has 0 atom stereocenters. The lowest BCUT2D eigenvalue weighted by molar-refractivity contribution is -0.118. The Hall–Kier alpha value is -2.22. The number of carbonyl (C=O) groups excluding carboxylic acids is 1. The van der Waals surface area contributed by atoms with E-state index in [1.54, 1.807) is 18.2 Å². The maximum Gasteiger partial charge on any atom is 0.230 e. The summed E-state index contributed by atoms with van der Waals surface area (Å²) in [5, 5.41) is 12.9. The predicted molar refractivity (Wildman–Crippen MR) is 116 cm³/mol. The summed E-state index contributed by atoms with van der Waals surface area (Å²) in [6.45, 7) is 3.36. The van der Waals surface area contributed by atoms with E-state index < -0.39 is 0 Å². The smallest absolute Gasteiger partial charge is 0.230 e. The molecule has 6 nitrogen and oxygen atoms in total. The maximum absolute atomic E-state index is 12.1. The second kappa shape index (κ2) is 10.5. The molecule has 0 aliphatic rings. The van der Waals surface area contributed by atoms with Gasteiger partial charge in [-0.25, -0.2) is 0 Å². The summed E-state index contributed by atoms with van der Waals surface area (Å²) in [6.07, 6.45) is 0. The second-order valence-electron chi connectivity index (χ2n) is 6.06. The van der Waals surface area contributed by atoms with E-state index in [1.807, 2.05) is 41.8 Å². The van der Waals surface area contributed by atoms with Gasteiger partial charge in [0.1, 0.15) is 12.4 Å². The second-order valence-corrected chi connectivity index (χ2v) is 7.84. The number of hydrogen-bond donors (Lipinski definition) is 1. The first-order chi connectivity index (χ1) is 14.1. The van der Waals surface area contributed by atoms with Gasteiger partial charge in [-0.2, -0.15) is 0 Å². The van der Waals surface area contributed by atoms with Gasteiger partial charge in [0.2, 0.25) is 5.91 Å². The summed E-state index contributed by atoms with van der Waals surface area (Å²) in [7, 11) is 0. The van der Waals surface area contributed by atoms with Crippen molar-refractivity contribution in [3.8, 4) is 5.75 Å². The summed E-state index contributed by atoms with van der Waals surface area (Å²) >= 11 is 13.4. The van der Waals surface area contributed by atoms with Crippen molar-refractivity contribution in [2.24, 2.45) is 0 Å². The van der Waals surface area contributed by atoms with Gasteiger partial charge in [0, 0.05) is 18.1 Å². The normalized spacial score (nSPS) is 10.7. The SMILES string of the molecule is CCn1c(COc2ccc(Cl)cc2Cl)nnc1SCC(=O)NCc1ccccc1. The monoisotopic (exact) mass is 450 g/mol. The zero-order chi connectivity index (χ0) is 20.6. The molecule has 29 heavy (non-hydrogen) atoms. The van der Waals surface area contributed by atoms with Crippen LogP contribution in [0.25, 0.3) is 0 Å². The molecule has 0 saturated heterocycles. The van der Waals surface area contributed by atoms with Crippen LogP contribution < -0.4 is 10.1 Å². The fraction of sp³-hybridized carbons (Fsp3) is 0.250. The van der Waals surface area contributed by atoms with E-state index in [1.165, 1.54) is 11.8 Å². The number of benzene rings is 2. The van der Waals surface area contributed by atoms with E-state index in [0.717, 1.165) is 5.56 Å². The Labute approximate surface area is 183 Å². The van der Waals surface area contributed by atoms with Crippen molar-refractivity contribution in [1.82, 2.24) is 20.1 Å². The van der Waals surface area contributed by atoms with E-state index in [0.29, 0.717) is 39.9 Å². The Kier molecular flexibility index (Phi) is 7.80. The van der Waals surface area contributed by atoms with Gasteiger partial charge < -0.3 is 14.6 Å². The van der Waals surface area contributed by atoms with Crippen molar-refractivity contribution in [1.29, 1.82) is 0 Å². The molecule has 1 amide bonds. The van der Waals surface area contributed by atoms with E-state index in [-0.39, 0.29) is 18.3 Å². The van der Waals surface area contributed by atoms with Crippen LogP contribution in [-0.2, 0) is 24.5 Å². The number of carbonyl (C=O) groups is 1. The van der Waals surface area contributed by atoms with Crippen LogP contribution in [-0.4, -0.2) is 26.4 Å². The molecule has 3 rings (SSSR count). The summed E-state index contributed by atoms with van der Waals surface area (Å²) in [5.41, 5.74) is 1.06. The summed E-state index contributed by atoms with van der Waals surface area (Å²) in [5.74, 6) is 1.38. The first-order valence-electron chi connectivity index (χ1n) is 9.00. The van der Waals surface area contributed by atoms with E-state index in [4.69, 9.17) is 27.9 Å². The van der Waals surface area contributed by atoms with Gasteiger partial charge in [0.05, 0.1) is 10.8 Å². The van der Waals surface area contributed by atoms with Crippen LogP contribution in [0, 0.1) is 0 Å². The zero-order valence-electron chi connectivity index (χ0n) is 15.8. The quantitative estimate of drug-likeness (QED) is 0.482. The molecule has 0 saturated carbocycles. The van der Waals surface area contributed by atoms with Gasteiger partial charge >= 0.3 is 0 Å². The Bertz CT molecular complexity index is 966. The highest BCUT2D eigenvalue weighted by atomic mass is 35.5. The van der Waals surface area contributed by atoms with Crippen molar-refractivity contribution in [3.05, 3.63) is 70.0 Å². The Morgan fingerprint density at radius 2 is 1.97 bits per heavy atom. The molecular formula is C20H20Cl2N4O2S. The number of hydrogen-bond acceptors (Lipinski definition) is 5. The Morgan fingerprint density at radius 1 is 1.17 bits per heavy atom. The summed E-state index contributed by atoms with van der Waals surface area (Å²) in [6, 6.07) is 14.8. The molecule has 152 valence electrons. The highest BCUT2D eigenvalue weighted by Crippen LogP contribution is 2.28. The Morgan fingerprint density at radius 3 is 2.69 bits per heavy atom. The maximum atomic E-state index is 12.1. The van der Waals surface area contributed by atoms with Gasteiger partial charge in [-0.3, -0.25) is 4.79 Å². The molecule has 1 aromatic heterocycles. The summed E-state index contributed by atoms with van der Waals surface area (Å²) in [4.78, 5) is 12.1. The van der Waals surface area contributed by atoms with Gasteiger partial charge in [0.25, 0.3) is 0 Å². The lowest BCUT2D eigenvalue weighted by atomic mass is 10.2. The number of aromatic nitrogens is 3. The van der Waals surface area contributed by atoms with Crippen LogP contribution in [0.1, 0.15) is 18.3 Å². The van der Waals surface area contributed by atoms with Crippen molar-refractivity contribution >= 4 is 40.9 Å². The minimum absolute atomic E-state index is 0.0600. The zero-order valence-corrected chi connectivity index (χ0v) is 18.1. The molecule has 1 heterocycles. The molecule has 0 fully saturated rings. The van der Waals surface area contributed by atoms with Crippen LogP contribution in [0.3, 0.4) is 0 Å². The standard InChI is InChI=1S/C20H20Cl2N4O2S/c1-2-26-18(12-28-17-9-8-15(21)10-16(17)22)24-25-20(26)29-13-19(27)23-11-14-6-4-3-5-7-14/h3-10H,2,11-13H2,1H3,(H,23,27). The van der Waals surface area contributed by atoms with E-state index in [2.05, 4.69) is 15.5 Å². The van der Waals surface area contributed by atoms with Crippen molar-refractivity contribution in [2.45, 2.75) is 31.8 Å². The average Bonchev–Trinajstić information content (AvgIpc) is 3.12. The molecule has 0 aliphatic heterocycles. The number of rotatable bonds is 9. The minimum Gasteiger partial charge on any atom is -0.484 e. The highest BCUT2D eigenvalue weighted by Gasteiger charge is 2.14. The molecule has 0 bridgehead atoms. The molecule has 9 heteroatoms. The van der Waals surface area contributed by atoms with Crippen molar-refractivity contribution in [2.75, 3.05) is 5.75 Å². The van der Waals surface area contributed by atoms with Crippen LogP contribution in [0.4, 0.5) is 0 Å². The molecule has 1 N–H and O–H groups in total. The van der Waals surface area contributed by atoms with Gasteiger partial charge in [-0.1, -0.05) is 65.3 Å². The number of nitrogens with zero attached hydrogens (tertiary/aromatic N) is 3. The third kappa shape index (κ3) is 6.13. The van der Waals surface area contributed by atoms with Crippen LogP contribution >= 0.6 is 35.0 Å². The highest BCUT2D eigenvalue weighted by molar-refractivity contribution is 7.99. The predicted octanol–water partition coefficient (Wildman–Crippen LogP) is 4.59. The van der Waals surface area contributed by atoms with E-state index >= 15 is 0 Å². The number of halogens is 2. The van der Waals surface area contributed by atoms with Crippen molar-refractivity contribution in [3.63, 3.8) is 0 Å². The number of thioether (sulfide) groups is 1. The molecule has 0 aliphatic carbocycles. The molecule has 0 spiro atoms. The first kappa shape index (κ1) is 21.5. The fourth-order valence-corrected chi connectivity index (χ4v) is 3.88. The first-order valence-corrected chi connectivity index (χ1v) is 10.7. The molecule has 0 radical (unpaired) electrons. The lowest BCUT2D eigenvalue weighted by Gasteiger charge is -2.10. The number of ether oxygens (including phenoxy) is 1. The topological polar surface area (TPSA) is 69.0 Å². The van der Waals surface area contributed by atoms with Crippen LogP contribution in [0.5, 0.6) is 5.75 Å². The third-order valence-corrected chi connectivity index (χ3v) is 5.52. The van der Waals surface area contributed by atoms with Crippen LogP contribution in [0.2, 0.25) is 10.0 Å². The lowest BCUT2D eigenvalue weighted by Crippen LogP contribution is -2.24.